The number of aromatic carboxylic acids is 1. The van der Waals surface area contributed by atoms with Crippen molar-refractivity contribution in [3.8, 4) is 16.9 Å². The fraction of sp³-hybridized carbons (Fsp3) is 0.304. The zero-order valence-corrected chi connectivity index (χ0v) is 16.5. The van der Waals surface area contributed by atoms with Crippen LogP contribution in [0.4, 0.5) is 8.78 Å². The zero-order chi connectivity index (χ0) is 21.7. The highest BCUT2D eigenvalue weighted by Crippen LogP contribution is 2.43. The number of aromatic nitrogens is 1. The minimum Gasteiger partial charge on any atom is -0.477 e. The number of carboxylic acids is 1. The van der Waals surface area contributed by atoms with E-state index in [2.05, 4.69) is 5.32 Å². The fourth-order valence-electron chi connectivity index (χ4n) is 4.29. The van der Waals surface area contributed by atoms with Crippen molar-refractivity contribution in [1.82, 2.24) is 9.88 Å². The van der Waals surface area contributed by atoms with Gasteiger partial charge in [-0.25, -0.2) is 4.79 Å². The average molecular weight is 426 g/mol. The summed E-state index contributed by atoms with van der Waals surface area (Å²) in [4.78, 5) is 24.4. The monoisotopic (exact) mass is 426 g/mol. The van der Waals surface area contributed by atoms with E-state index in [1.165, 1.54) is 12.3 Å². The van der Waals surface area contributed by atoms with Gasteiger partial charge in [-0.05, 0) is 54.6 Å². The number of alkyl halides is 2. The summed E-state index contributed by atoms with van der Waals surface area (Å²) in [6.45, 7) is -1.49. The second-order valence-electron chi connectivity index (χ2n) is 7.94. The molecule has 2 aromatic carbocycles. The maximum absolute atomic E-state index is 13.5. The number of hydrogen-bond donors (Lipinski definition) is 2. The summed E-state index contributed by atoms with van der Waals surface area (Å²) >= 11 is 0. The van der Waals surface area contributed by atoms with Crippen molar-refractivity contribution in [1.29, 1.82) is 0 Å². The van der Waals surface area contributed by atoms with E-state index in [1.54, 1.807) is 10.6 Å². The van der Waals surface area contributed by atoms with Crippen molar-refractivity contribution in [2.75, 3.05) is 6.54 Å². The van der Waals surface area contributed by atoms with E-state index in [1.807, 2.05) is 18.2 Å². The number of hydrogen-bond acceptors (Lipinski definition) is 4. The Morgan fingerprint density at radius 1 is 1.19 bits per heavy atom. The van der Waals surface area contributed by atoms with Gasteiger partial charge in [0.25, 0.3) is 0 Å². The van der Waals surface area contributed by atoms with Crippen LogP contribution in [-0.4, -0.2) is 28.8 Å². The number of pyridine rings is 1. The molecule has 160 valence electrons. The maximum Gasteiger partial charge on any atom is 0.387 e. The molecule has 8 heteroatoms. The van der Waals surface area contributed by atoms with Gasteiger partial charge < -0.3 is 19.7 Å². The molecule has 2 N–H and O–H groups in total. The molecule has 31 heavy (non-hydrogen) atoms. The molecule has 0 spiro atoms. The number of halogens is 2. The molecule has 1 saturated carbocycles. The Morgan fingerprint density at radius 2 is 2.00 bits per heavy atom. The summed E-state index contributed by atoms with van der Waals surface area (Å²) in [6, 6.07) is 8.82. The molecule has 0 unspecified atom stereocenters. The summed E-state index contributed by atoms with van der Waals surface area (Å²) in [5.74, 6) is -1.44. The molecule has 3 aromatic rings. The minimum absolute atomic E-state index is 0.0499. The Balaban J connectivity index is 1.80. The Morgan fingerprint density at radius 3 is 2.71 bits per heavy atom. The topological polar surface area (TPSA) is 80.6 Å². The maximum atomic E-state index is 13.5. The number of carboxylic acid groups (broad SMARTS) is 1. The van der Waals surface area contributed by atoms with Gasteiger partial charge in [0, 0.05) is 24.3 Å². The zero-order valence-electron chi connectivity index (χ0n) is 16.5. The number of fused-ring (bicyclic) bond motifs is 2. The molecule has 2 heterocycles. The van der Waals surface area contributed by atoms with Gasteiger partial charge in [-0.1, -0.05) is 18.2 Å². The number of benzene rings is 2. The Kier molecular flexibility index (Phi) is 4.74. The lowest BCUT2D eigenvalue weighted by atomic mass is 9.94. The SMILES string of the molecule is O=C(O)c1cn(C2CC2)c2c(OC(F)F)c(-c3ccc4c(c3)CCNC4)ccc2c1=O. The van der Waals surface area contributed by atoms with Crippen molar-refractivity contribution in [2.24, 2.45) is 0 Å². The highest BCUT2D eigenvalue weighted by Gasteiger charge is 2.30. The van der Waals surface area contributed by atoms with Crippen LogP contribution in [0.25, 0.3) is 22.0 Å². The first-order valence-electron chi connectivity index (χ1n) is 10.2. The molecule has 5 rings (SSSR count). The average Bonchev–Trinajstić information content (AvgIpc) is 3.58. The molecule has 1 fully saturated rings. The fourth-order valence-corrected chi connectivity index (χ4v) is 4.29. The lowest BCUT2D eigenvalue weighted by Gasteiger charge is -2.21. The molecule has 1 aromatic heterocycles. The van der Waals surface area contributed by atoms with Crippen LogP contribution in [-0.2, 0) is 13.0 Å². The third kappa shape index (κ3) is 3.46. The molecule has 0 saturated heterocycles. The summed E-state index contributed by atoms with van der Waals surface area (Å²) in [6.07, 6.45) is 3.64. The van der Waals surface area contributed by atoms with E-state index in [4.69, 9.17) is 4.74 Å². The van der Waals surface area contributed by atoms with Gasteiger partial charge in [0.05, 0.1) is 10.9 Å². The highest BCUT2D eigenvalue weighted by molar-refractivity contribution is 5.97. The van der Waals surface area contributed by atoms with Crippen molar-refractivity contribution in [3.63, 3.8) is 0 Å². The van der Waals surface area contributed by atoms with Gasteiger partial charge in [-0.3, -0.25) is 4.79 Å². The van der Waals surface area contributed by atoms with Crippen LogP contribution in [0.1, 0.15) is 40.4 Å². The van der Waals surface area contributed by atoms with Gasteiger partial charge in [0.2, 0.25) is 5.43 Å². The molecule has 0 bridgehead atoms. The third-order valence-electron chi connectivity index (χ3n) is 5.93. The quantitative estimate of drug-likeness (QED) is 0.646. The molecule has 2 aliphatic rings. The molecule has 1 aliphatic heterocycles. The standard InChI is InChI=1S/C23H20F2N2O4/c24-23(25)31-21-16(13-1-2-14-10-26-8-7-12(14)9-13)5-6-17-19(21)27(15-3-4-15)11-18(20(17)28)22(29)30/h1-2,5-6,9,11,15,23,26H,3-4,7-8,10H2,(H,29,30). The predicted octanol–water partition coefficient (Wildman–Crippen LogP) is 3.95. The summed E-state index contributed by atoms with van der Waals surface area (Å²) in [5, 5.41) is 12.8. The van der Waals surface area contributed by atoms with E-state index >= 15 is 0 Å². The van der Waals surface area contributed by atoms with E-state index in [0.29, 0.717) is 5.56 Å². The summed E-state index contributed by atoms with van der Waals surface area (Å²) < 4.78 is 33.5. The van der Waals surface area contributed by atoms with E-state index in [9.17, 15) is 23.5 Å². The van der Waals surface area contributed by atoms with Gasteiger partial charge in [0.1, 0.15) is 5.56 Å². The molecule has 0 radical (unpaired) electrons. The van der Waals surface area contributed by atoms with Crippen molar-refractivity contribution in [2.45, 2.75) is 38.5 Å². The second kappa shape index (κ2) is 7.46. The summed E-state index contributed by atoms with van der Waals surface area (Å²) in [5.41, 5.74) is 2.60. The predicted molar refractivity (Wildman–Crippen MR) is 111 cm³/mol. The van der Waals surface area contributed by atoms with Gasteiger partial charge in [0.15, 0.2) is 5.75 Å². The van der Waals surface area contributed by atoms with Crippen LogP contribution in [0.5, 0.6) is 5.75 Å². The van der Waals surface area contributed by atoms with Crippen LogP contribution < -0.4 is 15.5 Å². The second-order valence-corrected chi connectivity index (χ2v) is 7.94. The van der Waals surface area contributed by atoms with Crippen molar-refractivity contribution >= 4 is 16.9 Å². The smallest absolute Gasteiger partial charge is 0.387 e. The molecule has 0 atom stereocenters. The number of rotatable bonds is 5. The first-order chi connectivity index (χ1) is 14.9. The minimum atomic E-state index is -3.09. The lowest BCUT2D eigenvalue weighted by Crippen LogP contribution is -2.23. The van der Waals surface area contributed by atoms with Crippen molar-refractivity contribution in [3.05, 3.63) is 63.4 Å². The Labute approximate surface area is 176 Å². The van der Waals surface area contributed by atoms with Crippen LogP contribution in [0.2, 0.25) is 0 Å². The number of nitrogens with one attached hydrogen (secondary N) is 1. The Hall–Kier alpha value is -3.26. The van der Waals surface area contributed by atoms with Gasteiger partial charge in [-0.2, -0.15) is 8.78 Å². The van der Waals surface area contributed by atoms with Crippen molar-refractivity contribution < 1.29 is 23.4 Å². The number of ether oxygens (including phenoxy) is 1. The van der Waals surface area contributed by atoms with E-state index in [0.717, 1.165) is 49.0 Å². The first kappa shape index (κ1) is 19.7. The molecule has 6 nitrogen and oxygen atoms in total. The van der Waals surface area contributed by atoms with E-state index < -0.39 is 18.0 Å². The number of nitrogens with zero attached hydrogens (tertiary/aromatic N) is 1. The van der Waals surface area contributed by atoms with Gasteiger partial charge in [-0.15, -0.1) is 0 Å². The number of carbonyl (C=O) groups is 1. The summed E-state index contributed by atoms with van der Waals surface area (Å²) in [7, 11) is 0. The third-order valence-corrected chi connectivity index (χ3v) is 5.93. The van der Waals surface area contributed by atoms with Gasteiger partial charge >= 0.3 is 12.6 Å². The van der Waals surface area contributed by atoms with Crippen LogP contribution in [0, 0.1) is 0 Å². The largest absolute Gasteiger partial charge is 0.477 e. The van der Waals surface area contributed by atoms with Crippen LogP contribution in [0.15, 0.2) is 41.3 Å². The Bertz CT molecular complexity index is 1260. The normalized spacial score (nSPS) is 15.8. The molecule has 0 amide bonds. The lowest BCUT2D eigenvalue weighted by molar-refractivity contribution is -0.0486. The highest BCUT2D eigenvalue weighted by atomic mass is 19.3. The molecular weight excluding hydrogens is 406 g/mol. The first-order valence-corrected chi connectivity index (χ1v) is 10.2. The van der Waals surface area contributed by atoms with Crippen LogP contribution in [0.3, 0.4) is 0 Å². The molecular formula is C23H20F2N2O4. The van der Waals surface area contributed by atoms with E-state index in [-0.39, 0.29) is 28.3 Å². The van der Waals surface area contributed by atoms with Crippen LogP contribution >= 0.6 is 0 Å². The molecule has 1 aliphatic carbocycles.